The lowest BCUT2D eigenvalue weighted by Crippen LogP contribution is -2.45. The third-order valence-corrected chi connectivity index (χ3v) is 8.49. The molecule has 3 nitrogen and oxygen atoms in total. The number of benzene rings is 1. The van der Waals surface area contributed by atoms with Gasteiger partial charge in [0.15, 0.2) is 8.32 Å². The molecule has 108 valence electrons. The maximum Gasteiger partial charge on any atom is 0.192 e. The number of aliphatic hydroxyl groups excluding tert-OH is 1. The van der Waals surface area contributed by atoms with Crippen LogP contribution in [0, 0.1) is 0 Å². The summed E-state index contributed by atoms with van der Waals surface area (Å²) in [7, 11) is -1.81. The molecule has 4 heteroatoms. The van der Waals surface area contributed by atoms with Crippen LogP contribution in [-0.2, 0) is 4.43 Å². The molecule has 0 aliphatic carbocycles. The minimum Gasteiger partial charge on any atom is -0.415 e. The first-order valence-corrected chi connectivity index (χ1v) is 9.68. The summed E-state index contributed by atoms with van der Waals surface area (Å²) in [5.41, 5.74) is 6.89. The maximum atomic E-state index is 10.2. The molecule has 2 atom stereocenters. The third-order valence-electron chi connectivity index (χ3n) is 3.99. The Labute approximate surface area is 117 Å². The van der Waals surface area contributed by atoms with E-state index in [0.29, 0.717) is 6.61 Å². The summed E-state index contributed by atoms with van der Waals surface area (Å²) in [4.78, 5) is 0. The predicted octanol–water partition coefficient (Wildman–Crippen LogP) is 3.07. The second kappa shape index (κ2) is 6.18. The Hall–Kier alpha value is -0.683. The number of rotatable bonds is 5. The lowest BCUT2D eigenvalue weighted by molar-refractivity contribution is 0.112. The highest BCUT2D eigenvalue weighted by Crippen LogP contribution is 2.36. The molecule has 3 N–H and O–H groups in total. The summed E-state index contributed by atoms with van der Waals surface area (Å²) in [5, 5.41) is 10.4. The zero-order chi connectivity index (χ0) is 14.7. The number of aliphatic hydroxyl groups is 1. The highest BCUT2D eigenvalue weighted by atomic mass is 28.4. The molecule has 1 rings (SSSR count). The summed E-state index contributed by atoms with van der Waals surface area (Å²) >= 11 is 0. The molecule has 0 saturated heterocycles. The molecule has 0 aliphatic heterocycles. The fourth-order valence-electron chi connectivity index (χ4n) is 1.51. The van der Waals surface area contributed by atoms with Crippen LogP contribution in [0.15, 0.2) is 30.3 Å². The van der Waals surface area contributed by atoms with E-state index in [-0.39, 0.29) is 5.04 Å². The highest BCUT2D eigenvalue weighted by Gasteiger charge is 2.37. The SMILES string of the molecule is CC(C)(C)[Si](C)(C)OC[C@@H](N)[C@@H](O)c1ccccc1. The van der Waals surface area contributed by atoms with E-state index >= 15 is 0 Å². The van der Waals surface area contributed by atoms with E-state index in [0.717, 1.165) is 5.56 Å². The van der Waals surface area contributed by atoms with Gasteiger partial charge >= 0.3 is 0 Å². The van der Waals surface area contributed by atoms with Crippen LogP contribution in [0.25, 0.3) is 0 Å². The Bertz CT molecular complexity index is 387. The van der Waals surface area contributed by atoms with Crippen LogP contribution in [0.2, 0.25) is 18.1 Å². The zero-order valence-corrected chi connectivity index (χ0v) is 13.7. The van der Waals surface area contributed by atoms with E-state index in [9.17, 15) is 5.11 Å². The first kappa shape index (κ1) is 16.4. The summed E-state index contributed by atoms with van der Waals surface area (Å²) < 4.78 is 6.05. The van der Waals surface area contributed by atoms with E-state index in [1.54, 1.807) is 0 Å². The number of hydrogen-bond acceptors (Lipinski definition) is 3. The van der Waals surface area contributed by atoms with E-state index < -0.39 is 20.5 Å². The molecule has 0 fully saturated rings. The average molecular weight is 281 g/mol. The van der Waals surface area contributed by atoms with Gasteiger partial charge in [0, 0.05) is 0 Å². The van der Waals surface area contributed by atoms with Crippen LogP contribution in [0.4, 0.5) is 0 Å². The predicted molar refractivity (Wildman–Crippen MR) is 82.5 cm³/mol. The highest BCUT2D eigenvalue weighted by molar-refractivity contribution is 6.74. The second-order valence-corrected chi connectivity index (χ2v) is 11.4. The molecular formula is C15H27NO2Si. The Balaban J connectivity index is 2.59. The largest absolute Gasteiger partial charge is 0.415 e. The number of hydrogen-bond donors (Lipinski definition) is 2. The summed E-state index contributed by atoms with van der Waals surface area (Å²) in [5.74, 6) is 0. The van der Waals surface area contributed by atoms with Crippen molar-refractivity contribution in [1.29, 1.82) is 0 Å². The molecule has 1 aromatic rings. The van der Waals surface area contributed by atoms with E-state index in [4.69, 9.17) is 10.2 Å². The minimum atomic E-state index is -1.81. The Morgan fingerprint density at radius 1 is 1.21 bits per heavy atom. The van der Waals surface area contributed by atoms with E-state index in [2.05, 4.69) is 33.9 Å². The summed E-state index contributed by atoms with van der Waals surface area (Å²) in [6.45, 7) is 11.4. The molecule has 0 unspecified atom stereocenters. The first-order valence-electron chi connectivity index (χ1n) is 6.78. The molecule has 0 bridgehead atoms. The van der Waals surface area contributed by atoms with Crippen molar-refractivity contribution >= 4 is 8.32 Å². The van der Waals surface area contributed by atoms with Crippen molar-refractivity contribution in [2.24, 2.45) is 5.73 Å². The van der Waals surface area contributed by atoms with Gasteiger partial charge in [-0.2, -0.15) is 0 Å². The smallest absolute Gasteiger partial charge is 0.192 e. The molecule has 0 spiro atoms. The van der Waals surface area contributed by atoms with Gasteiger partial charge in [-0.25, -0.2) is 0 Å². The van der Waals surface area contributed by atoms with Crippen molar-refractivity contribution < 1.29 is 9.53 Å². The first-order chi connectivity index (χ1) is 8.65. The van der Waals surface area contributed by atoms with Crippen LogP contribution in [0.1, 0.15) is 32.4 Å². The molecule has 19 heavy (non-hydrogen) atoms. The van der Waals surface area contributed by atoms with Gasteiger partial charge in [-0.3, -0.25) is 0 Å². The minimum absolute atomic E-state index is 0.157. The van der Waals surface area contributed by atoms with Gasteiger partial charge in [0.25, 0.3) is 0 Å². The van der Waals surface area contributed by atoms with Gasteiger partial charge in [0.1, 0.15) is 0 Å². The van der Waals surface area contributed by atoms with Gasteiger partial charge in [0.05, 0.1) is 18.8 Å². The van der Waals surface area contributed by atoms with Gasteiger partial charge < -0.3 is 15.3 Å². The number of nitrogens with two attached hydrogens (primary N) is 1. The lowest BCUT2D eigenvalue weighted by Gasteiger charge is -2.37. The van der Waals surface area contributed by atoms with E-state index in [1.807, 2.05) is 30.3 Å². The second-order valence-electron chi connectivity index (χ2n) is 6.59. The standard InChI is InChI=1S/C15H27NO2Si/c1-15(2,3)19(4,5)18-11-13(16)14(17)12-9-7-6-8-10-12/h6-10,13-14,17H,11,16H2,1-5H3/t13-,14+/m1/s1. The normalized spacial score (nSPS) is 16.2. The van der Waals surface area contributed by atoms with Crippen molar-refractivity contribution in [2.75, 3.05) is 6.61 Å². The van der Waals surface area contributed by atoms with E-state index in [1.165, 1.54) is 0 Å². The van der Waals surface area contributed by atoms with Gasteiger partial charge in [-0.05, 0) is 23.7 Å². The van der Waals surface area contributed by atoms with Gasteiger partial charge in [-0.1, -0.05) is 51.1 Å². The molecule has 1 aromatic carbocycles. The van der Waals surface area contributed by atoms with Gasteiger partial charge in [0.2, 0.25) is 0 Å². The van der Waals surface area contributed by atoms with Crippen LogP contribution in [0.3, 0.4) is 0 Å². The molecule has 0 heterocycles. The average Bonchev–Trinajstić information content (AvgIpc) is 2.35. The Kier molecular flexibility index (Phi) is 5.32. The van der Waals surface area contributed by atoms with Crippen LogP contribution in [-0.4, -0.2) is 26.1 Å². The quantitative estimate of drug-likeness (QED) is 0.816. The fraction of sp³-hybridized carbons (Fsp3) is 0.600. The maximum absolute atomic E-state index is 10.2. The van der Waals surface area contributed by atoms with Crippen molar-refractivity contribution in [3.8, 4) is 0 Å². The monoisotopic (exact) mass is 281 g/mol. The van der Waals surface area contributed by atoms with Crippen molar-refractivity contribution in [2.45, 2.75) is 51.0 Å². The van der Waals surface area contributed by atoms with Crippen LogP contribution < -0.4 is 5.73 Å². The van der Waals surface area contributed by atoms with Crippen molar-refractivity contribution in [1.82, 2.24) is 0 Å². The lowest BCUT2D eigenvalue weighted by atomic mass is 10.0. The fourth-order valence-corrected chi connectivity index (χ4v) is 2.55. The van der Waals surface area contributed by atoms with Crippen molar-refractivity contribution in [3.63, 3.8) is 0 Å². The molecule has 0 aromatic heterocycles. The Morgan fingerprint density at radius 2 is 1.74 bits per heavy atom. The van der Waals surface area contributed by atoms with Crippen LogP contribution >= 0.6 is 0 Å². The third kappa shape index (κ3) is 4.42. The molecule has 0 amide bonds. The summed E-state index contributed by atoms with van der Waals surface area (Å²) in [6.07, 6.45) is -0.675. The molecule has 0 aliphatic rings. The molecular weight excluding hydrogens is 254 g/mol. The van der Waals surface area contributed by atoms with Gasteiger partial charge in [-0.15, -0.1) is 0 Å². The van der Waals surface area contributed by atoms with Crippen molar-refractivity contribution in [3.05, 3.63) is 35.9 Å². The molecule has 0 radical (unpaired) electrons. The topological polar surface area (TPSA) is 55.5 Å². The molecule has 0 saturated carbocycles. The van der Waals surface area contributed by atoms with Crippen LogP contribution in [0.5, 0.6) is 0 Å². The zero-order valence-electron chi connectivity index (χ0n) is 12.7. The summed E-state index contributed by atoms with van der Waals surface area (Å²) in [6, 6.07) is 9.11. The Morgan fingerprint density at radius 3 is 2.21 bits per heavy atom.